The van der Waals surface area contributed by atoms with Crippen LogP contribution in [0.3, 0.4) is 0 Å². The van der Waals surface area contributed by atoms with Gasteiger partial charge < -0.3 is 0 Å². The molecule has 0 bridgehead atoms. The highest BCUT2D eigenvalue weighted by Crippen LogP contribution is 2.07. The Labute approximate surface area is 104 Å². The normalized spacial score (nSPS) is 9.33. The minimum Gasteiger partial charge on any atom is -0.296 e. The molecule has 0 saturated heterocycles. The number of fused-ring (bicyclic) bond motifs is 1. The number of nitrogens with zero attached hydrogens (tertiary/aromatic N) is 3. The molecule has 0 radical (unpaired) electrons. The quantitative estimate of drug-likeness (QED) is 0.610. The highest BCUT2D eigenvalue weighted by Gasteiger charge is 1.86. The molecule has 0 fully saturated rings. The minimum atomic E-state index is 0.368. The average molecular weight is 237 g/mol. The van der Waals surface area contributed by atoms with Crippen molar-refractivity contribution < 1.29 is 4.79 Å². The Morgan fingerprint density at radius 1 is 0.889 bits per heavy atom. The second-order valence-corrected chi connectivity index (χ2v) is 3.44. The van der Waals surface area contributed by atoms with Crippen LogP contribution in [0.2, 0.25) is 0 Å². The fraction of sp³-hybridized carbons (Fsp3) is 0. The molecule has 4 nitrogen and oxygen atoms in total. The maximum atomic E-state index is 9.90. The largest absolute Gasteiger partial charge is 0.296 e. The van der Waals surface area contributed by atoms with Crippen molar-refractivity contribution in [2.24, 2.45) is 0 Å². The number of aldehydes is 1. The summed E-state index contributed by atoms with van der Waals surface area (Å²) in [6.07, 6.45) is 6.87. The second-order valence-electron chi connectivity index (χ2n) is 3.44. The Kier molecular flexibility index (Phi) is 4.08. The van der Waals surface area contributed by atoms with E-state index >= 15 is 0 Å². The lowest BCUT2D eigenvalue weighted by Gasteiger charge is -1.91. The fourth-order valence-electron chi connectivity index (χ4n) is 1.39. The number of carbonyl (C=O) groups is 1. The third-order valence-electron chi connectivity index (χ3n) is 2.22. The SMILES string of the molecule is O=Cc1cnccn1.c1ccc2ncccc2c1. The van der Waals surface area contributed by atoms with Gasteiger partial charge in [0.1, 0.15) is 5.69 Å². The smallest absolute Gasteiger partial charge is 0.170 e. The highest BCUT2D eigenvalue weighted by atomic mass is 16.1. The minimum absolute atomic E-state index is 0.368. The van der Waals surface area contributed by atoms with Gasteiger partial charge in [0, 0.05) is 24.0 Å². The zero-order chi connectivity index (χ0) is 12.6. The van der Waals surface area contributed by atoms with Gasteiger partial charge in [-0.3, -0.25) is 19.7 Å². The standard InChI is InChI=1S/C9H7N.C5H4N2O/c1-2-6-9-8(4-1)5-3-7-10-9;8-4-5-3-6-1-2-7-5/h1-7H;1-4H. The summed E-state index contributed by atoms with van der Waals surface area (Å²) in [6, 6.07) is 12.1. The van der Waals surface area contributed by atoms with Crippen LogP contribution in [-0.4, -0.2) is 21.2 Å². The molecule has 18 heavy (non-hydrogen) atoms. The van der Waals surface area contributed by atoms with E-state index < -0.39 is 0 Å². The van der Waals surface area contributed by atoms with Gasteiger partial charge in [0.25, 0.3) is 0 Å². The van der Waals surface area contributed by atoms with Gasteiger partial charge in [-0.15, -0.1) is 0 Å². The van der Waals surface area contributed by atoms with Crippen LogP contribution in [0, 0.1) is 0 Å². The van der Waals surface area contributed by atoms with Crippen molar-refractivity contribution in [2.75, 3.05) is 0 Å². The van der Waals surface area contributed by atoms with Crippen molar-refractivity contribution in [3.63, 3.8) is 0 Å². The van der Waals surface area contributed by atoms with Crippen molar-refractivity contribution in [1.82, 2.24) is 15.0 Å². The molecule has 2 aromatic heterocycles. The summed E-state index contributed by atoms with van der Waals surface area (Å²) in [5.74, 6) is 0. The third-order valence-corrected chi connectivity index (χ3v) is 2.22. The first-order valence-electron chi connectivity index (χ1n) is 5.41. The number of carbonyl (C=O) groups excluding carboxylic acids is 1. The zero-order valence-corrected chi connectivity index (χ0v) is 9.60. The predicted molar refractivity (Wildman–Crippen MR) is 69.2 cm³/mol. The van der Waals surface area contributed by atoms with E-state index in [1.54, 1.807) is 0 Å². The summed E-state index contributed by atoms with van der Waals surface area (Å²) in [5.41, 5.74) is 1.43. The van der Waals surface area contributed by atoms with E-state index in [2.05, 4.69) is 27.1 Å². The molecule has 0 unspecified atom stereocenters. The van der Waals surface area contributed by atoms with Gasteiger partial charge in [0.05, 0.1) is 11.7 Å². The number of aromatic nitrogens is 3. The Bertz CT molecular complexity index is 561. The molecule has 0 aliphatic heterocycles. The zero-order valence-electron chi connectivity index (χ0n) is 9.60. The Balaban J connectivity index is 0.000000138. The molecule has 0 N–H and O–H groups in total. The Hall–Kier alpha value is -2.62. The van der Waals surface area contributed by atoms with E-state index in [1.807, 2.05) is 30.5 Å². The second kappa shape index (κ2) is 6.20. The van der Waals surface area contributed by atoms with E-state index in [9.17, 15) is 4.79 Å². The van der Waals surface area contributed by atoms with Gasteiger partial charge in [0.15, 0.2) is 6.29 Å². The van der Waals surface area contributed by atoms with Crippen LogP contribution in [0.4, 0.5) is 0 Å². The Morgan fingerprint density at radius 3 is 2.39 bits per heavy atom. The van der Waals surface area contributed by atoms with Gasteiger partial charge in [-0.05, 0) is 12.1 Å². The van der Waals surface area contributed by atoms with Crippen LogP contribution >= 0.6 is 0 Å². The summed E-state index contributed by atoms with van der Waals surface area (Å²) in [6.45, 7) is 0. The van der Waals surface area contributed by atoms with Crippen LogP contribution in [0.25, 0.3) is 10.9 Å². The fourth-order valence-corrected chi connectivity index (χ4v) is 1.39. The van der Waals surface area contributed by atoms with Gasteiger partial charge >= 0.3 is 0 Å². The number of hydrogen-bond acceptors (Lipinski definition) is 4. The molecular weight excluding hydrogens is 226 g/mol. The third kappa shape index (κ3) is 3.18. The maximum absolute atomic E-state index is 9.90. The molecule has 1 aromatic carbocycles. The van der Waals surface area contributed by atoms with Crippen LogP contribution in [0.15, 0.2) is 61.2 Å². The van der Waals surface area contributed by atoms with Gasteiger partial charge in [-0.1, -0.05) is 24.3 Å². The van der Waals surface area contributed by atoms with Crippen molar-refractivity contribution in [1.29, 1.82) is 0 Å². The van der Waals surface area contributed by atoms with Crippen molar-refractivity contribution in [2.45, 2.75) is 0 Å². The molecule has 3 aromatic rings. The summed E-state index contributed by atoms with van der Waals surface area (Å²) >= 11 is 0. The van der Waals surface area contributed by atoms with Gasteiger partial charge in [0.2, 0.25) is 0 Å². The summed E-state index contributed by atoms with van der Waals surface area (Å²) in [5, 5.41) is 1.20. The molecule has 88 valence electrons. The molecule has 3 rings (SSSR count). The maximum Gasteiger partial charge on any atom is 0.170 e. The van der Waals surface area contributed by atoms with Crippen LogP contribution in [0.5, 0.6) is 0 Å². The highest BCUT2D eigenvalue weighted by molar-refractivity contribution is 5.77. The summed E-state index contributed by atoms with van der Waals surface area (Å²) in [4.78, 5) is 21.4. The van der Waals surface area contributed by atoms with E-state index in [0.717, 1.165) is 5.52 Å². The van der Waals surface area contributed by atoms with E-state index in [0.29, 0.717) is 12.0 Å². The molecule has 4 heteroatoms. The van der Waals surface area contributed by atoms with Gasteiger partial charge in [-0.2, -0.15) is 0 Å². The molecule has 0 saturated carbocycles. The summed E-state index contributed by atoms with van der Waals surface area (Å²) in [7, 11) is 0. The number of para-hydroxylation sites is 1. The molecule has 0 atom stereocenters. The lowest BCUT2D eigenvalue weighted by Crippen LogP contribution is -1.84. The van der Waals surface area contributed by atoms with E-state index in [1.165, 1.54) is 24.0 Å². The van der Waals surface area contributed by atoms with Crippen LogP contribution < -0.4 is 0 Å². The van der Waals surface area contributed by atoms with Crippen LogP contribution in [-0.2, 0) is 0 Å². The molecule has 0 amide bonds. The monoisotopic (exact) mass is 237 g/mol. The Morgan fingerprint density at radius 2 is 1.72 bits per heavy atom. The van der Waals surface area contributed by atoms with E-state index in [4.69, 9.17) is 0 Å². The molecule has 0 aliphatic rings. The number of rotatable bonds is 1. The number of hydrogen-bond donors (Lipinski definition) is 0. The molecule has 2 heterocycles. The number of pyridine rings is 1. The first-order chi connectivity index (χ1) is 8.90. The lowest BCUT2D eigenvalue weighted by molar-refractivity contribution is 0.111. The van der Waals surface area contributed by atoms with Crippen molar-refractivity contribution in [3.8, 4) is 0 Å². The number of benzene rings is 1. The summed E-state index contributed by atoms with van der Waals surface area (Å²) < 4.78 is 0. The first-order valence-corrected chi connectivity index (χ1v) is 5.41. The van der Waals surface area contributed by atoms with Crippen molar-refractivity contribution in [3.05, 3.63) is 66.9 Å². The lowest BCUT2D eigenvalue weighted by atomic mass is 10.2. The van der Waals surface area contributed by atoms with Crippen LogP contribution in [0.1, 0.15) is 10.5 Å². The van der Waals surface area contributed by atoms with Crippen molar-refractivity contribution >= 4 is 17.2 Å². The van der Waals surface area contributed by atoms with E-state index in [-0.39, 0.29) is 0 Å². The molecule has 0 spiro atoms. The topological polar surface area (TPSA) is 55.7 Å². The van der Waals surface area contributed by atoms with Gasteiger partial charge in [-0.25, -0.2) is 0 Å². The molecular formula is C14H11N3O. The first kappa shape index (κ1) is 11.9. The molecule has 0 aliphatic carbocycles. The predicted octanol–water partition coefficient (Wildman–Crippen LogP) is 2.52. The average Bonchev–Trinajstić information content (AvgIpc) is 2.49.